The van der Waals surface area contributed by atoms with E-state index in [0.29, 0.717) is 24.5 Å². The quantitative estimate of drug-likeness (QED) is 0.638. The lowest BCUT2D eigenvalue weighted by atomic mass is 9.68. The zero-order valence-corrected chi connectivity index (χ0v) is 20.8. The highest BCUT2D eigenvalue weighted by Gasteiger charge is 2.48. The molecular formula is C26H31BF3N3O3. The van der Waals surface area contributed by atoms with Gasteiger partial charge in [0, 0.05) is 37.7 Å². The first-order chi connectivity index (χ1) is 17.0. The Kier molecular flexibility index (Phi) is 7.36. The zero-order chi connectivity index (χ0) is 26.1. The van der Waals surface area contributed by atoms with Crippen LogP contribution in [0.1, 0.15) is 40.2 Å². The first kappa shape index (κ1) is 26.1. The number of likely N-dealkylation sites (N-methyl/N-ethyl adjacent to an activating group) is 1. The minimum absolute atomic E-state index is 0.0680. The number of halogens is 3. The molecule has 2 aliphatic heterocycles. The normalized spacial score (nSPS) is 19.9. The summed E-state index contributed by atoms with van der Waals surface area (Å²) < 4.78 is 44.4. The number of ether oxygens (including phenoxy) is 1. The Labute approximate surface area is 210 Å². The highest BCUT2D eigenvalue weighted by atomic mass is 19.4. The van der Waals surface area contributed by atoms with Crippen molar-refractivity contribution < 1.29 is 27.5 Å². The summed E-state index contributed by atoms with van der Waals surface area (Å²) >= 11 is 0. The minimum Gasteiger partial charge on any atom is -0.497 e. The van der Waals surface area contributed by atoms with Crippen LogP contribution in [0.4, 0.5) is 13.2 Å². The number of nitrogens with one attached hydrogen (secondary N) is 1. The number of amides is 2. The lowest BCUT2D eigenvalue weighted by Gasteiger charge is -2.43. The van der Waals surface area contributed by atoms with E-state index in [4.69, 9.17) is 4.74 Å². The summed E-state index contributed by atoms with van der Waals surface area (Å²) in [5.41, 5.74) is 0.787. The number of carbonyl (C=O) groups excluding carboxylic acids is 2. The van der Waals surface area contributed by atoms with Crippen molar-refractivity contribution in [2.75, 3.05) is 46.9 Å². The average molecular weight is 501 g/mol. The van der Waals surface area contributed by atoms with Crippen molar-refractivity contribution in [1.82, 2.24) is 15.1 Å². The van der Waals surface area contributed by atoms with Crippen LogP contribution >= 0.6 is 0 Å². The maximum atomic E-state index is 13.0. The molecule has 2 aliphatic rings. The molecule has 2 aromatic rings. The number of nitrogens with zero attached hydrogens (tertiary/aromatic N) is 2. The van der Waals surface area contributed by atoms with Crippen LogP contribution in [-0.2, 0) is 11.0 Å². The van der Waals surface area contributed by atoms with Gasteiger partial charge >= 0.3 is 6.18 Å². The molecule has 2 heterocycles. The van der Waals surface area contributed by atoms with Gasteiger partial charge in [0.2, 0.25) is 5.91 Å². The standard InChI is InChI=1S/C26H31BF3N3O3/c1-32-15-21(17-3-6-19(36-2)7-4-17)25(16-32)9-11-33(12-10-25)23(34)14-31-24(35)20-13-18(26(28,29)30)5-8-22(20)27/h3-8,13,21H,9-12,14-16,27H2,1-2H3,(H,31,35). The fraction of sp³-hybridized carbons (Fsp3) is 0.462. The number of alkyl halides is 3. The monoisotopic (exact) mass is 501 g/mol. The van der Waals surface area contributed by atoms with Crippen molar-refractivity contribution in [1.29, 1.82) is 0 Å². The van der Waals surface area contributed by atoms with Crippen molar-refractivity contribution in [2.24, 2.45) is 5.41 Å². The Morgan fingerprint density at radius 3 is 2.42 bits per heavy atom. The van der Waals surface area contributed by atoms with E-state index in [1.165, 1.54) is 11.6 Å². The van der Waals surface area contributed by atoms with Crippen LogP contribution in [0, 0.1) is 5.41 Å². The van der Waals surface area contributed by atoms with E-state index in [1.54, 1.807) is 19.9 Å². The van der Waals surface area contributed by atoms with Crippen molar-refractivity contribution in [3.63, 3.8) is 0 Å². The molecule has 36 heavy (non-hydrogen) atoms. The van der Waals surface area contributed by atoms with Crippen molar-refractivity contribution in [3.05, 3.63) is 59.2 Å². The molecule has 1 unspecified atom stereocenters. The summed E-state index contributed by atoms with van der Waals surface area (Å²) in [4.78, 5) is 29.5. The Morgan fingerprint density at radius 1 is 1.14 bits per heavy atom. The highest BCUT2D eigenvalue weighted by Crippen LogP contribution is 2.49. The smallest absolute Gasteiger partial charge is 0.416 e. The third-order valence-corrected chi connectivity index (χ3v) is 7.66. The van der Waals surface area contributed by atoms with Crippen molar-refractivity contribution >= 4 is 25.1 Å². The molecule has 0 aromatic heterocycles. The highest BCUT2D eigenvalue weighted by molar-refractivity contribution is 6.36. The number of rotatable bonds is 5. The lowest BCUT2D eigenvalue weighted by Crippen LogP contribution is -2.48. The fourth-order valence-corrected chi connectivity index (χ4v) is 5.63. The number of carbonyl (C=O) groups is 2. The van der Waals surface area contributed by atoms with Gasteiger partial charge in [-0.25, -0.2) is 0 Å². The maximum absolute atomic E-state index is 13.0. The van der Waals surface area contributed by atoms with Crippen LogP contribution in [0.15, 0.2) is 42.5 Å². The van der Waals surface area contributed by atoms with Gasteiger partial charge in [-0.2, -0.15) is 13.2 Å². The number of piperidine rings is 1. The van der Waals surface area contributed by atoms with E-state index in [-0.39, 0.29) is 23.4 Å². The summed E-state index contributed by atoms with van der Waals surface area (Å²) in [7, 11) is 5.34. The van der Waals surface area contributed by atoms with Gasteiger partial charge in [0.25, 0.3) is 5.91 Å². The molecule has 1 N–H and O–H groups in total. The first-order valence-electron chi connectivity index (χ1n) is 12.1. The Balaban J connectivity index is 1.36. The zero-order valence-electron chi connectivity index (χ0n) is 20.8. The molecule has 6 nitrogen and oxygen atoms in total. The molecule has 0 radical (unpaired) electrons. The van der Waals surface area contributed by atoms with Crippen LogP contribution in [-0.4, -0.2) is 76.3 Å². The third-order valence-electron chi connectivity index (χ3n) is 7.66. The molecule has 2 saturated heterocycles. The van der Waals surface area contributed by atoms with E-state index >= 15 is 0 Å². The molecule has 2 amide bonds. The lowest BCUT2D eigenvalue weighted by molar-refractivity contribution is -0.137. The Morgan fingerprint density at radius 2 is 1.81 bits per heavy atom. The fourth-order valence-electron chi connectivity index (χ4n) is 5.63. The number of hydrogen-bond acceptors (Lipinski definition) is 4. The van der Waals surface area contributed by atoms with E-state index in [0.717, 1.165) is 43.8 Å². The molecule has 2 aromatic carbocycles. The molecule has 1 spiro atoms. The SMILES string of the molecule is Bc1ccc(C(F)(F)F)cc1C(=O)NCC(=O)N1CCC2(CC1)CN(C)CC2c1ccc(OC)cc1. The molecule has 0 aliphatic carbocycles. The van der Waals surface area contributed by atoms with E-state index < -0.39 is 17.6 Å². The second kappa shape index (κ2) is 10.2. The number of methoxy groups -OCH3 is 1. The van der Waals surface area contributed by atoms with Crippen LogP contribution in [0.3, 0.4) is 0 Å². The third kappa shape index (κ3) is 5.38. The van der Waals surface area contributed by atoms with Gasteiger partial charge in [-0.15, -0.1) is 0 Å². The summed E-state index contributed by atoms with van der Waals surface area (Å²) in [6, 6.07) is 11.2. The number of likely N-dealkylation sites (tertiary alicyclic amines) is 2. The molecule has 0 saturated carbocycles. The second-order valence-corrected chi connectivity index (χ2v) is 9.98. The molecular weight excluding hydrogens is 470 g/mol. The van der Waals surface area contributed by atoms with Gasteiger partial charge < -0.3 is 19.9 Å². The predicted octanol–water partition coefficient (Wildman–Crippen LogP) is 2.04. The van der Waals surface area contributed by atoms with E-state index in [1.807, 2.05) is 12.1 Å². The first-order valence-corrected chi connectivity index (χ1v) is 12.1. The van der Waals surface area contributed by atoms with Gasteiger partial charge in [-0.1, -0.05) is 29.7 Å². The average Bonchev–Trinajstić information content (AvgIpc) is 3.17. The largest absolute Gasteiger partial charge is 0.497 e. The van der Waals surface area contributed by atoms with Gasteiger partial charge in [-0.05, 0) is 49.1 Å². The molecule has 2 fully saturated rings. The summed E-state index contributed by atoms with van der Waals surface area (Å²) in [6.07, 6.45) is -2.85. The minimum atomic E-state index is -4.54. The van der Waals surface area contributed by atoms with Gasteiger partial charge in [0.1, 0.15) is 13.6 Å². The van der Waals surface area contributed by atoms with Gasteiger partial charge in [0.05, 0.1) is 19.2 Å². The Hall–Kier alpha value is -3.01. The molecule has 0 bridgehead atoms. The van der Waals surface area contributed by atoms with Crippen LogP contribution in [0.2, 0.25) is 0 Å². The predicted molar refractivity (Wildman–Crippen MR) is 133 cm³/mol. The Bertz CT molecular complexity index is 1120. The van der Waals surface area contributed by atoms with Gasteiger partial charge in [-0.3, -0.25) is 9.59 Å². The van der Waals surface area contributed by atoms with Gasteiger partial charge in [0.15, 0.2) is 0 Å². The molecule has 192 valence electrons. The van der Waals surface area contributed by atoms with Crippen LogP contribution in [0.25, 0.3) is 0 Å². The van der Waals surface area contributed by atoms with Crippen LogP contribution < -0.4 is 15.5 Å². The molecule has 10 heteroatoms. The van der Waals surface area contributed by atoms with Crippen molar-refractivity contribution in [2.45, 2.75) is 24.9 Å². The number of hydrogen-bond donors (Lipinski definition) is 1. The molecule has 4 rings (SSSR count). The van der Waals surface area contributed by atoms with E-state index in [2.05, 4.69) is 29.4 Å². The maximum Gasteiger partial charge on any atom is 0.416 e. The summed E-state index contributed by atoms with van der Waals surface area (Å²) in [5.74, 6) is 0.267. The summed E-state index contributed by atoms with van der Waals surface area (Å²) in [5, 5.41) is 2.51. The van der Waals surface area contributed by atoms with Crippen LogP contribution in [0.5, 0.6) is 5.75 Å². The van der Waals surface area contributed by atoms with Crippen molar-refractivity contribution in [3.8, 4) is 5.75 Å². The molecule has 1 atom stereocenters. The number of benzene rings is 2. The second-order valence-electron chi connectivity index (χ2n) is 9.98. The topological polar surface area (TPSA) is 61.9 Å². The van der Waals surface area contributed by atoms with E-state index in [9.17, 15) is 22.8 Å². The summed E-state index contributed by atoms with van der Waals surface area (Å²) in [6.45, 7) is 2.82.